The second-order valence-electron chi connectivity index (χ2n) is 5.15. The Kier molecular flexibility index (Phi) is 3.73. The molecule has 0 bridgehead atoms. The van der Waals surface area contributed by atoms with Gasteiger partial charge in [-0.2, -0.15) is 0 Å². The van der Waals surface area contributed by atoms with Gasteiger partial charge in [-0.1, -0.05) is 19.1 Å². The summed E-state index contributed by atoms with van der Waals surface area (Å²) < 4.78 is 0. The predicted octanol–water partition coefficient (Wildman–Crippen LogP) is 2.58. The highest BCUT2D eigenvalue weighted by molar-refractivity contribution is 7.80. The van der Waals surface area contributed by atoms with E-state index in [0.29, 0.717) is 4.99 Å². The number of thiophene rings is 1. The highest BCUT2D eigenvalue weighted by Crippen LogP contribution is 2.32. The number of amides is 1. The maximum atomic E-state index is 12.3. The summed E-state index contributed by atoms with van der Waals surface area (Å²) in [4.78, 5) is 15.7. The van der Waals surface area contributed by atoms with Crippen molar-refractivity contribution in [3.05, 3.63) is 21.9 Å². The molecule has 3 nitrogen and oxygen atoms in total. The molecule has 2 N–H and O–H groups in total. The molecule has 0 spiro atoms. The Morgan fingerprint density at radius 2 is 2.11 bits per heavy atom. The third-order valence-electron chi connectivity index (χ3n) is 3.81. The van der Waals surface area contributed by atoms with Crippen LogP contribution in [0.5, 0.6) is 0 Å². The SMILES string of the molecule is Cc1ccsc1C(=O)N1CCC(C)(C(N)=S)CC1. The largest absolute Gasteiger partial charge is 0.393 e. The zero-order valence-electron chi connectivity index (χ0n) is 10.7. The standard InChI is InChI=1S/C13H18N2OS2/c1-9-3-8-18-10(9)11(16)15-6-4-13(2,5-7-15)12(14)17/h3,8H,4-7H2,1-2H3,(H2,14,17). The third kappa shape index (κ3) is 2.42. The first-order valence-electron chi connectivity index (χ1n) is 6.07. The molecule has 1 aromatic heterocycles. The first-order valence-corrected chi connectivity index (χ1v) is 7.36. The molecule has 0 aliphatic carbocycles. The molecule has 1 aliphatic rings. The van der Waals surface area contributed by atoms with E-state index in [1.807, 2.05) is 23.3 Å². The van der Waals surface area contributed by atoms with Gasteiger partial charge in [0.05, 0.1) is 9.87 Å². The van der Waals surface area contributed by atoms with Crippen LogP contribution in [0.4, 0.5) is 0 Å². The first-order chi connectivity index (χ1) is 8.44. The minimum absolute atomic E-state index is 0.0867. The number of hydrogen-bond acceptors (Lipinski definition) is 3. The number of nitrogens with two attached hydrogens (primary N) is 1. The van der Waals surface area contributed by atoms with Gasteiger partial charge in [-0.25, -0.2) is 0 Å². The molecule has 2 heterocycles. The second-order valence-corrected chi connectivity index (χ2v) is 6.51. The molecule has 5 heteroatoms. The summed E-state index contributed by atoms with van der Waals surface area (Å²) in [6.45, 7) is 5.55. The van der Waals surface area contributed by atoms with Gasteiger partial charge in [-0.15, -0.1) is 11.3 Å². The number of piperidine rings is 1. The Hall–Kier alpha value is -0.940. The van der Waals surface area contributed by atoms with Crippen LogP contribution in [0.25, 0.3) is 0 Å². The molecular formula is C13H18N2OS2. The lowest BCUT2D eigenvalue weighted by Crippen LogP contribution is -2.46. The molecular weight excluding hydrogens is 264 g/mol. The van der Waals surface area contributed by atoms with Crippen LogP contribution < -0.4 is 5.73 Å². The van der Waals surface area contributed by atoms with E-state index in [2.05, 4.69) is 6.92 Å². The van der Waals surface area contributed by atoms with Crippen LogP contribution in [-0.4, -0.2) is 28.9 Å². The van der Waals surface area contributed by atoms with Crippen molar-refractivity contribution in [2.75, 3.05) is 13.1 Å². The van der Waals surface area contributed by atoms with E-state index in [4.69, 9.17) is 18.0 Å². The van der Waals surface area contributed by atoms with Crippen molar-refractivity contribution in [1.82, 2.24) is 4.90 Å². The third-order valence-corrected chi connectivity index (χ3v) is 5.30. The molecule has 0 saturated carbocycles. The molecule has 1 aliphatic heterocycles. The number of aryl methyl sites for hydroxylation is 1. The average molecular weight is 282 g/mol. The Morgan fingerprint density at radius 1 is 1.50 bits per heavy atom. The molecule has 0 aromatic carbocycles. The molecule has 1 amide bonds. The van der Waals surface area contributed by atoms with E-state index in [0.717, 1.165) is 36.4 Å². The average Bonchev–Trinajstić information content (AvgIpc) is 2.75. The van der Waals surface area contributed by atoms with E-state index in [-0.39, 0.29) is 11.3 Å². The summed E-state index contributed by atoms with van der Waals surface area (Å²) in [6.07, 6.45) is 1.72. The van der Waals surface area contributed by atoms with Crippen molar-refractivity contribution in [2.24, 2.45) is 11.1 Å². The van der Waals surface area contributed by atoms with Crippen LogP contribution >= 0.6 is 23.6 Å². The van der Waals surface area contributed by atoms with E-state index in [1.165, 1.54) is 11.3 Å². The number of nitrogens with zero attached hydrogens (tertiary/aromatic N) is 1. The summed E-state index contributed by atoms with van der Waals surface area (Å²) in [5.74, 6) is 0.146. The van der Waals surface area contributed by atoms with Gasteiger partial charge in [0.15, 0.2) is 0 Å². The lowest BCUT2D eigenvalue weighted by molar-refractivity contribution is 0.0674. The Balaban J connectivity index is 2.05. The number of hydrogen-bond donors (Lipinski definition) is 1. The monoisotopic (exact) mass is 282 g/mol. The lowest BCUT2D eigenvalue weighted by atomic mass is 9.80. The maximum Gasteiger partial charge on any atom is 0.264 e. The Morgan fingerprint density at radius 3 is 2.56 bits per heavy atom. The minimum atomic E-state index is -0.0867. The number of rotatable bonds is 2. The summed E-state index contributed by atoms with van der Waals surface area (Å²) in [5.41, 5.74) is 6.75. The molecule has 98 valence electrons. The van der Waals surface area contributed by atoms with Crippen LogP contribution in [0.2, 0.25) is 0 Å². The van der Waals surface area contributed by atoms with Gasteiger partial charge in [0.25, 0.3) is 5.91 Å². The molecule has 0 unspecified atom stereocenters. The molecule has 1 aromatic rings. The van der Waals surface area contributed by atoms with Gasteiger partial charge in [-0.3, -0.25) is 4.79 Å². The summed E-state index contributed by atoms with van der Waals surface area (Å²) >= 11 is 6.63. The fraction of sp³-hybridized carbons (Fsp3) is 0.538. The van der Waals surface area contributed by atoms with Gasteiger partial charge in [0.1, 0.15) is 0 Å². The number of thiocarbonyl (C=S) groups is 1. The van der Waals surface area contributed by atoms with Crippen molar-refractivity contribution >= 4 is 34.5 Å². The highest BCUT2D eigenvalue weighted by atomic mass is 32.1. The zero-order valence-corrected chi connectivity index (χ0v) is 12.4. The van der Waals surface area contributed by atoms with E-state index < -0.39 is 0 Å². The van der Waals surface area contributed by atoms with Crippen LogP contribution in [-0.2, 0) is 0 Å². The fourth-order valence-corrected chi connectivity index (χ4v) is 3.28. The van der Waals surface area contributed by atoms with Crippen molar-refractivity contribution in [3.63, 3.8) is 0 Å². The summed E-state index contributed by atoms with van der Waals surface area (Å²) in [6, 6.07) is 1.99. The zero-order chi connectivity index (χ0) is 13.3. The minimum Gasteiger partial charge on any atom is -0.393 e. The van der Waals surface area contributed by atoms with Crippen molar-refractivity contribution in [3.8, 4) is 0 Å². The Bertz CT molecular complexity index is 473. The molecule has 18 heavy (non-hydrogen) atoms. The van der Waals surface area contributed by atoms with E-state index >= 15 is 0 Å². The Labute approximate surface area is 117 Å². The topological polar surface area (TPSA) is 46.3 Å². The van der Waals surface area contributed by atoms with Crippen LogP contribution in [0.3, 0.4) is 0 Å². The van der Waals surface area contributed by atoms with Crippen LogP contribution in [0.15, 0.2) is 11.4 Å². The van der Waals surface area contributed by atoms with Crippen molar-refractivity contribution < 1.29 is 4.79 Å². The predicted molar refractivity (Wildman–Crippen MR) is 79.1 cm³/mol. The van der Waals surface area contributed by atoms with Crippen molar-refractivity contribution in [2.45, 2.75) is 26.7 Å². The van der Waals surface area contributed by atoms with E-state index in [1.54, 1.807) is 0 Å². The molecule has 2 rings (SSSR count). The van der Waals surface area contributed by atoms with E-state index in [9.17, 15) is 4.79 Å². The van der Waals surface area contributed by atoms with Gasteiger partial charge in [-0.05, 0) is 36.8 Å². The quantitative estimate of drug-likeness (QED) is 0.848. The molecule has 1 fully saturated rings. The number of carbonyl (C=O) groups excluding carboxylic acids is 1. The van der Waals surface area contributed by atoms with Gasteiger partial charge in [0, 0.05) is 18.5 Å². The highest BCUT2D eigenvalue weighted by Gasteiger charge is 2.34. The van der Waals surface area contributed by atoms with Gasteiger partial charge < -0.3 is 10.6 Å². The van der Waals surface area contributed by atoms with Gasteiger partial charge in [0.2, 0.25) is 0 Å². The maximum absolute atomic E-state index is 12.3. The number of likely N-dealkylation sites (tertiary alicyclic amines) is 1. The van der Waals surface area contributed by atoms with Gasteiger partial charge >= 0.3 is 0 Å². The molecule has 1 saturated heterocycles. The van der Waals surface area contributed by atoms with Crippen LogP contribution in [0, 0.1) is 12.3 Å². The normalized spacial score (nSPS) is 18.7. The molecule has 0 atom stereocenters. The second kappa shape index (κ2) is 4.97. The lowest BCUT2D eigenvalue weighted by Gasteiger charge is -2.38. The number of carbonyl (C=O) groups is 1. The fourth-order valence-electron chi connectivity index (χ4n) is 2.19. The summed E-state index contributed by atoms with van der Waals surface area (Å²) in [5, 5.41) is 1.96. The smallest absolute Gasteiger partial charge is 0.264 e. The van der Waals surface area contributed by atoms with Crippen molar-refractivity contribution in [1.29, 1.82) is 0 Å². The molecule has 0 radical (unpaired) electrons. The first kappa shape index (κ1) is 13.5. The van der Waals surface area contributed by atoms with Crippen LogP contribution in [0.1, 0.15) is 35.0 Å². The summed E-state index contributed by atoms with van der Waals surface area (Å²) in [7, 11) is 0.